The van der Waals surface area contributed by atoms with Crippen LogP contribution in [0.15, 0.2) is 28.3 Å². The first-order valence-corrected chi connectivity index (χ1v) is 7.52. The third kappa shape index (κ3) is 1.98. The van der Waals surface area contributed by atoms with Crippen LogP contribution < -0.4 is 0 Å². The molecule has 20 heavy (non-hydrogen) atoms. The van der Waals surface area contributed by atoms with Crippen LogP contribution in [0.4, 0.5) is 4.79 Å². The fourth-order valence-electron chi connectivity index (χ4n) is 3.70. The van der Waals surface area contributed by atoms with E-state index in [1.807, 2.05) is 19.0 Å². The second kappa shape index (κ2) is 5.08. The zero-order valence-corrected chi connectivity index (χ0v) is 12.6. The van der Waals surface area contributed by atoms with Gasteiger partial charge in [-0.1, -0.05) is 18.6 Å². The number of carbonyl (C=O) groups is 1. The van der Waals surface area contributed by atoms with Crippen LogP contribution in [0.25, 0.3) is 0 Å². The average molecular weight is 273 g/mol. The molecular formula is C16H23N3O. The highest BCUT2D eigenvalue weighted by Crippen LogP contribution is 2.37. The van der Waals surface area contributed by atoms with Gasteiger partial charge >= 0.3 is 6.03 Å². The summed E-state index contributed by atoms with van der Waals surface area (Å²) in [5.74, 6) is 1.11. The fourth-order valence-corrected chi connectivity index (χ4v) is 3.70. The normalized spacial score (nSPS) is 32.4. The molecule has 0 N–H and O–H groups in total. The van der Waals surface area contributed by atoms with Crippen molar-refractivity contribution in [2.45, 2.75) is 38.1 Å². The van der Waals surface area contributed by atoms with Crippen LogP contribution in [0.1, 0.15) is 32.1 Å². The molecule has 0 unspecified atom stereocenters. The number of hydrogen-bond acceptors (Lipinski definition) is 2. The standard InChI is InChI=1S/C16H23N3O/c1-17-15-13-9-11-7-5-4-6-8-12(11)10-14(13)18(2)16(20)19(15)3/h9-10,13-14H,4-8H2,1-3H3/t13-,14+/m1/s1. The summed E-state index contributed by atoms with van der Waals surface area (Å²) in [6.45, 7) is 0. The van der Waals surface area contributed by atoms with Crippen LogP contribution in [0.5, 0.6) is 0 Å². The van der Waals surface area contributed by atoms with Gasteiger partial charge in [0.1, 0.15) is 5.84 Å². The minimum absolute atomic E-state index is 0.0363. The van der Waals surface area contributed by atoms with Gasteiger partial charge in [-0.2, -0.15) is 0 Å². The second-order valence-electron chi connectivity index (χ2n) is 6.00. The second-order valence-corrected chi connectivity index (χ2v) is 6.00. The minimum atomic E-state index is 0.0363. The number of amides is 2. The Kier molecular flexibility index (Phi) is 3.40. The van der Waals surface area contributed by atoms with Crippen LogP contribution in [-0.4, -0.2) is 48.9 Å². The fraction of sp³-hybridized carbons (Fsp3) is 0.625. The smallest absolute Gasteiger partial charge is 0.320 e. The van der Waals surface area contributed by atoms with E-state index in [9.17, 15) is 4.79 Å². The Morgan fingerprint density at radius 3 is 2.40 bits per heavy atom. The Morgan fingerprint density at radius 2 is 1.75 bits per heavy atom. The van der Waals surface area contributed by atoms with Gasteiger partial charge in [0.15, 0.2) is 0 Å². The van der Waals surface area contributed by atoms with Gasteiger partial charge < -0.3 is 4.90 Å². The van der Waals surface area contributed by atoms with E-state index >= 15 is 0 Å². The highest BCUT2D eigenvalue weighted by atomic mass is 16.2. The van der Waals surface area contributed by atoms with Crippen molar-refractivity contribution < 1.29 is 4.79 Å². The summed E-state index contributed by atoms with van der Waals surface area (Å²) in [5, 5.41) is 0. The molecule has 108 valence electrons. The Morgan fingerprint density at radius 1 is 1.10 bits per heavy atom. The number of rotatable bonds is 0. The van der Waals surface area contributed by atoms with Crippen molar-refractivity contribution in [2.24, 2.45) is 10.9 Å². The van der Waals surface area contributed by atoms with Crippen molar-refractivity contribution in [3.05, 3.63) is 23.3 Å². The Labute approximate surface area is 120 Å². The predicted octanol–water partition coefficient (Wildman–Crippen LogP) is 2.83. The lowest BCUT2D eigenvalue weighted by atomic mass is 9.82. The maximum absolute atomic E-state index is 12.3. The maximum atomic E-state index is 12.3. The Hall–Kier alpha value is -1.58. The molecule has 2 aliphatic carbocycles. The molecule has 0 spiro atoms. The molecule has 4 heteroatoms. The van der Waals surface area contributed by atoms with E-state index in [-0.39, 0.29) is 18.0 Å². The lowest BCUT2D eigenvalue weighted by Gasteiger charge is -2.44. The van der Waals surface area contributed by atoms with Crippen LogP contribution in [0.3, 0.4) is 0 Å². The van der Waals surface area contributed by atoms with Crippen molar-refractivity contribution in [3.8, 4) is 0 Å². The molecule has 1 heterocycles. The Balaban J connectivity index is 2.02. The molecular weight excluding hydrogens is 250 g/mol. The van der Waals surface area contributed by atoms with Gasteiger partial charge in [0, 0.05) is 21.1 Å². The quantitative estimate of drug-likeness (QED) is 0.668. The highest BCUT2D eigenvalue weighted by molar-refractivity contribution is 6.02. The molecule has 1 saturated heterocycles. The first-order chi connectivity index (χ1) is 9.63. The summed E-state index contributed by atoms with van der Waals surface area (Å²) in [6.07, 6.45) is 10.9. The van der Waals surface area contributed by atoms with Gasteiger partial charge in [-0.3, -0.25) is 9.89 Å². The molecule has 2 fully saturated rings. The summed E-state index contributed by atoms with van der Waals surface area (Å²) < 4.78 is 0. The molecule has 2 amide bonds. The van der Waals surface area contributed by atoms with Crippen molar-refractivity contribution in [1.82, 2.24) is 9.80 Å². The van der Waals surface area contributed by atoms with Crippen molar-refractivity contribution in [1.29, 1.82) is 0 Å². The van der Waals surface area contributed by atoms with E-state index in [4.69, 9.17) is 0 Å². The SMILES string of the molecule is CN=C1[C@@H]2C=C3CCCCCC3=C[C@@H]2N(C)C(=O)N1C. The molecule has 1 aliphatic heterocycles. The molecule has 2 atom stereocenters. The van der Waals surface area contributed by atoms with E-state index in [2.05, 4.69) is 17.1 Å². The van der Waals surface area contributed by atoms with E-state index in [1.165, 1.54) is 36.8 Å². The number of fused-ring (bicyclic) bond motifs is 2. The lowest BCUT2D eigenvalue weighted by Crippen LogP contribution is -2.58. The predicted molar refractivity (Wildman–Crippen MR) is 80.8 cm³/mol. The maximum Gasteiger partial charge on any atom is 0.325 e. The number of urea groups is 1. The van der Waals surface area contributed by atoms with Crippen LogP contribution >= 0.6 is 0 Å². The molecule has 0 radical (unpaired) electrons. The molecule has 1 saturated carbocycles. The molecule has 3 aliphatic rings. The summed E-state index contributed by atoms with van der Waals surface area (Å²) in [5.41, 5.74) is 2.95. The molecule has 3 rings (SSSR count). The van der Waals surface area contributed by atoms with E-state index in [0.29, 0.717) is 0 Å². The van der Waals surface area contributed by atoms with E-state index in [0.717, 1.165) is 12.3 Å². The molecule has 0 aromatic rings. The zero-order chi connectivity index (χ0) is 14.3. The lowest BCUT2D eigenvalue weighted by molar-refractivity contribution is 0.163. The van der Waals surface area contributed by atoms with Gasteiger partial charge in [-0.05, 0) is 36.8 Å². The van der Waals surface area contributed by atoms with Gasteiger partial charge in [-0.15, -0.1) is 0 Å². The van der Waals surface area contributed by atoms with Gasteiger partial charge in [-0.25, -0.2) is 4.79 Å². The summed E-state index contributed by atoms with van der Waals surface area (Å²) in [6, 6.07) is 0.170. The number of nitrogens with zero attached hydrogens (tertiary/aromatic N) is 3. The Bertz CT molecular complexity index is 518. The molecule has 4 nitrogen and oxygen atoms in total. The van der Waals surface area contributed by atoms with Gasteiger partial charge in [0.05, 0.1) is 12.0 Å². The first-order valence-electron chi connectivity index (χ1n) is 7.52. The van der Waals surface area contributed by atoms with Gasteiger partial charge in [0.2, 0.25) is 0 Å². The van der Waals surface area contributed by atoms with Crippen molar-refractivity contribution in [2.75, 3.05) is 21.1 Å². The molecule has 0 bridgehead atoms. The zero-order valence-electron chi connectivity index (χ0n) is 12.6. The number of likely N-dealkylation sites (N-methyl/N-ethyl adjacent to an activating group) is 1. The minimum Gasteiger partial charge on any atom is -0.320 e. The average Bonchev–Trinajstić information content (AvgIpc) is 2.69. The van der Waals surface area contributed by atoms with Crippen molar-refractivity contribution in [3.63, 3.8) is 0 Å². The monoisotopic (exact) mass is 273 g/mol. The molecule has 0 aromatic carbocycles. The van der Waals surface area contributed by atoms with Gasteiger partial charge in [0.25, 0.3) is 0 Å². The van der Waals surface area contributed by atoms with Crippen LogP contribution in [0.2, 0.25) is 0 Å². The summed E-state index contributed by atoms with van der Waals surface area (Å²) in [4.78, 5) is 20.2. The number of carbonyl (C=O) groups excluding carboxylic acids is 1. The number of amidine groups is 1. The third-order valence-electron chi connectivity index (χ3n) is 4.83. The number of hydrogen-bond donors (Lipinski definition) is 0. The molecule has 0 aromatic heterocycles. The summed E-state index contributed by atoms with van der Waals surface area (Å²) >= 11 is 0. The number of allylic oxidation sites excluding steroid dienone is 2. The summed E-state index contributed by atoms with van der Waals surface area (Å²) in [7, 11) is 5.50. The largest absolute Gasteiger partial charge is 0.325 e. The van der Waals surface area contributed by atoms with Crippen molar-refractivity contribution >= 4 is 11.9 Å². The topological polar surface area (TPSA) is 35.9 Å². The highest BCUT2D eigenvalue weighted by Gasteiger charge is 2.41. The van der Waals surface area contributed by atoms with Crippen LogP contribution in [-0.2, 0) is 0 Å². The van der Waals surface area contributed by atoms with E-state index < -0.39 is 0 Å². The third-order valence-corrected chi connectivity index (χ3v) is 4.83. The van der Waals surface area contributed by atoms with E-state index in [1.54, 1.807) is 11.9 Å². The van der Waals surface area contributed by atoms with Crippen LogP contribution in [0, 0.1) is 5.92 Å². The first kappa shape index (κ1) is 13.4. The number of aliphatic imine (C=N–C) groups is 1.